The van der Waals surface area contributed by atoms with E-state index in [1.54, 1.807) is 6.07 Å². The van der Waals surface area contributed by atoms with Crippen molar-refractivity contribution in [2.75, 3.05) is 26.2 Å². The third-order valence-electron chi connectivity index (χ3n) is 3.40. The summed E-state index contributed by atoms with van der Waals surface area (Å²) in [5.41, 5.74) is 0.862. The van der Waals surface area contributed by atoms with Crippen molar-refractivity contribution in [2.45, 2.75) is 12.5 Å². The van der Waals surface area contributed by atoms with Crippen LogP contribution in [0.2, 0.25) is 5.02 Å². The van der Waals surface area contributed by atoms with Crippen molar-refractivity contribution >= 4 is 52.3 Å². The molecule has 2 N–H and O–H groups in total. The molecule has 0 aliphatic carbocycles. The topological polar surface area (TPSA) is 35.5 Å². The molecule has 7 heteroatoms. The van der Waals surface area contributed by atoms with Crippen molar-refractivity contribution in [3.63, 3.8) is 0 Å². The van der Waals surface area contributed by atoms with E-state index in [4.69, 9.17) is 11.6 Å². The van der Waals surface area contributed by atoms with Gasteiger partial charge in [-0.2, -0.15) is 0 Å². The number of phenolic OH excluding ortho intramolecular Hbond substituents is 1. The van der Waals surface area contributed by atoms with Crippen molar-refractivity contribution in [1.29, 1.82) is 0 Å². The predicted molar refractivity (Wildman–Crippen MR) is 97.3 cm³/mol. The van der Waals surface area contributed by atoms with Crippen LogP contribution < -0.4 is 5.32 Å². The van der Waals surface area contributed by atoms with Gasteiger partial charge in [-0.3, -0.25) is 4.90 Å². The molecule has 120 valence electrons. The molecule has 0 radical (unpaired) electrons. The summed E-state index contributed by atoms with van der Waals surface area (Å²) in [6.45, 7) is 7.68. The Morgan fingerprint density at radius 1 is 1.38 bits per heavy atom. The minimum absolute atomic E-state index is 0. The molecule has 1 atom stereocenters. The van der Waals surface area contributed by atoms with Crippen LogP contribution in [0, 0.1) is 0 Å². The van der Waals surface area contributed by atoms with E-state index in [1.165, 1.54) is 0 Å². The SMILES string of the molecule is C=CC[C@H](c1cc(Cl)cc(Br)c1O)N1CCNCC1.Cl.Cl. The van der Waals surface area contributed by atoms with Gasteiger partial charge >= 0.3 is 0 Å². The molecule has 0 saturated carbocycles. The maximum Gasteiger partial charge on any atom is 0.134 e. The van der Waals surface area contributed by atoms with Gasteiger partial charge in [-0.1, -0.05) is 17.7 Å². The second-order valence-electron chi connectivity index (χ2n) is 4.65. The highest BCUT2D eigenvalue weighted by Crippen LogP contribution is 2.38. The first-order valence-electron chi connectivity index (χ1n) is 6.37. The van der Waals surface area contributed by atoms with E-state index >= 15 is 0 Å². The van der Waals surface area contributed by atoms with Crippen molar-refractivity contribution < 1.29 is 5.11 Å². The van der Waals surface area contributed by atoms with Crippen LogP contribution in [0.3, 0.4) is 0 Å². The summed E-state index contributed by atoms with van der Waals surface area (Å²) in [7, 11) is 0. The average molecular weight is 419 g/mol. The summed E-state index contributed by atoms with van der Waals surface area (Å²) in [4.78, 5) is 2.36. The normalized spacial score (nSPS) is 16.5. The number of piperazine rings is 1. The minimum Gasteiger partial charge on any atom is -0.506 e. The maximum atomic E-state index is 10.3. The molecule has 2 rings (SSSR count). The lowest BCUT2D eigenvalue weighted by Crippen LogP contribution is -2.45. The van der Waals surface area contributed by atoms with Crippen molar-refractivity contribution in [3.05, 3.63) is 39.8 Å². The number of nitrogens with zero attached hydrogens (tertiary/aromatic N) is 1. The highest BCUT2D eigenvalue weighted by Gasteiger charge is 2.24. The summed E-state index contributed by atoms with van der Waals surface area (Å²) in [5, 5.41) is 14.2. The fraction of sp³-hybridized carbons (Fsp3) is 0.429. The van der Waals surface area contributed by atoms with E-state index in [9.17, 15) is 5.11 Å². The third kappa shape index (κ3) is 5.31. The lowest BCUT2D eigenvalue weighted by molar-refractivity contribution is 0.172. The summed E-state index contributed by atoms with van der Waals surface area (Å²) < 4.78 is 0.638. The van der Waals surface area contributed by atoms with E-state index in [-0.39, 0.29) is 36.6 Å². The van der Waals surface area contributed by atoms with Gasteiger partial charge in [0.05, 0.1) is 4.47 Å². The third-order valence-corrected chi connectivity index (χ3v) is 4.22. The highest BCUT2D eigenvalue weighted by molar-refractivity contribution is 9.10. The standard InChI is InChI=1S/C14H18BrClN2O.2ClH/c1-2-3-13(18-6-4-17-5-7-18)11-8-10(16)9-12(15)14(11)19;;/h2,8-9,13,17,19H,1,3-7H2;2*1H/t13-;;/m1../s1. The van der Waals surface area contributed by atoms with Crippen LogP contribution in [-0.4, -0.2) is 36.2 Å². The van der Waals surface area contributed by atoms with E-state index in [2.05, 4.69) is 32.7 Å². The molecule has 0 unspecified atom stereocenters. The van der Waals surface area contributed by atoms with Crippen molar-refractivity contribution in [1.82, 2.24) is 10.2 Å². The Labute approximate surface area is 151 Å². The van der Waals surface area contributed by atoms with Gasteiger partial charge in [-0.05, 0) is 34.5 Å². The zero-order valence-corrected chi connectivity index (χ0v) is 15.5. The molecule has 1 aliphatic rings. The molecular formula is C14H20BrCl3N2O. The molecule has 21 heavy (non-hydrogen) atoms. The fourth-order valence-electron chi connectivity index (χ4n) is 2.46. The maximum absolute atomic E-state index is 10.3. The van der Waals surface area contributed by atoms with E-state index in [1.807, 2.05) is 12.1 Å². The zero-order chi connectivity index (χ0) is 13.8. The summed E-state index contributed by atoms with van der Waals surface area (Å²) in [6, 6.07) is 3.68. The largest absolute Gasteiger partial charge is 0.506 e. The number of aromatic hydroxyl groups is 1. The van der Waals surface area contributed by atoms with Gasteiger partial charge in [-0.15, -0.1) is 31.4 Å². The number of hydrogen-bond acceptors (Lipinski definition) is 3. The fourth-order valence-corrected chi connectivity index (χ4v) is 3.30. The van der Waals surface area contributed by atoms with E-state index in [0.29, 0.717) is 9.50 Å². The molecule has 0 aromatic heterocycles. The number of benzene rings is 1. The lowest BCUT2D eigenvalue weighted by Gasteiger charge is -2.35. The van der Waals surface area contributed by atoms with Gasteiger partial charge in [0.2, 0.25) is 0 Å². The Balaban J connectivity index is 0.00000200. The molecule has 1 fully saturated rings. The van der Waals surface area contributed by atoms with Gasteiger partial charge in [-0.25, -0.2) is 0 Å². The molecule has 0 spiro atoms. The number of rotatable bonds is 4. The molecule has 3 nitrogen and oxygen atoms in total. The summed E-state index contributed by atoms with van der Waals surface area (Å²) in [6.07, 6.45) is 2.68. The smallest absolute Gasteiger partial charge is 0.134 e. The number of nitrogens with one attached hydrogen (secondary N) is 1. The Hall–Kier alpha value is 0.0300. The van der Waals surface area contributed by atoms with Crippen LogP contribution in [-0.2, 0) is 0 Å². The minimum atomic E-state index is 0. The van der Waals surface area contributed by atoms with Crippen LogP contribution in [0.15, 0.2) is 29.3 Å². The van der Waals surface area contributed by atoms with Crippen molar-refractivity contribution in [2.24, 2.45) is 0 Å². The van der Waals surface area contributed by atoms with E-state index < -0.39 is 0 Å². The van der Waals surface area contributed by atoms with Gasteiger partial charge in [0.25, 0.3) is 0 Å². The van der Waals surface area contributed by atoms with Gasteiger partial charge < -0.3 is 10.4 Å². The Kier molecular flexibility index (Phi) is 9.94. The van der Waals surface area contributed by atoms with E-state index in [0.717, 1.165) is 38.2 Å². The monoisotopic (exact) mass is 416 g/mol. The molecule has 0 amide bonds. The first-order valence-corrected chi connectivity index (χ1v) is 7.54. The quantitative estimate of drug-likeness (QED) is 0.721. The average Bonchev–Trinajstić information content (AvgIpc) is 2.41. The van der Waals surface area contributed by atoms with Gasteiger partial charge in [0.15, 0.2) is 0 Å². The molecule has 1 aromatic rings. The van der Waals surface area contributed by atoms with Gasteiger partial charge in [0, 0.05) is 42.8 Å². The van der Waals surface area contributed by atoms with Crippen LogP contribution in [0.5, 0.6) is 5.75 Å². The molecule has 1 heterocycles. The second-order valence-corrected chi connectivity index (χ2v) is 5.94. The van der Waals surface area contributed by atoms with Crippen LogP contribution in [0.1, 0.15) is 18.0 Å². The number of hydrogen-bond donors (Lipinski definition) is 2. The zero-order valence-electron chi connectivity index (χ0n) is 11.5. The summed E-state index contributed by atoms with van der Waals surface area (Å²) >= 11 is 9.46. The summed E-state index contributed by atoms with van der Waals surface area (Å²) in [5.74, 6) is 0.273. The van der Waals surface area contributed by atoms with Crippen LogP contribution in [0.25, 0.3) is 0 Å². The van der Waals surface area contributed by atoms with Crippen LogP contribution >= 0.6 is 52.3 Å². The molecular weight excluding hydrogens is 398 g/mol. The molecule has 1 aliphatic heterocycles. The molecule has 0 bridgehead atoms. The predicted octanol–water partition coefficient (Wildman–Crippen LogP) is 4.17. The molecule has 1 aromatic carbocycles. The number of phenols is 1. The Morgan fingerprint density at radius 2 is 2.00 bits per heavy atom. The first kappa shape index (κ1) is 21.0. The number of halogens is 4. The lowest BCUT2D eigenvalue weighted by atomic mass is 10.00. The Bertz CT molecular complexity index is 468. The first-order chi connectivity index (χ1) is 9.13. The van der Waals surface area contributed by atoms with Crippen molar-refractivity contribution in [3.8, 4) is 5.75 Å². The second kappa shape index (κ2) is 9.93. The highest BCUT2D eigenvalue weighted by atomic mass is 79.9. The van der Waals surface area contributed by atoms with Crippen LogP contribution in [0.4, 0.5) is 0 Å². The van der Waals surface area contributed by atoms with Gasteiger partial charge in [0.1, 0.15) is 5.75 Å². The Morgan fingerprint density at radius 3 is 2.57 bits per heavy atom. The molecule has 1 saturated heterocycles.